The number of hydrogen-bond acceptors (Lipinski definition) is 4. The maximum absolute atomic E-state index is 14.0. The molecule has 1 atom stereocenters. The van der Waals surface area contributed by atoms with Crippen LogP contribution in [0, 0.1) is 5.82 Å². The molecule has 1 fully saturated rings. The van der Waals surface area contributed by atoms with Crippen LogP contribution >= 0.6 is 11.6 Å². The van der Waals surface area contributed by atoms with Crippen molar-refractivity contribution < 1.29 is 27.1 Å². The Bertz CT molecular complexity index is 1050. The van der Waals surface area contributed by atoms with Gasteiger partial charge in [0.15, 0.2) is 0 Å². The number of carbonyl (C=O) groups excluding carboxylic acids is 1. The molecule has 1 amide bonds. The number of hydrogen-bond donors (Lipinski definition) is 2. The van der Waals surface area contributed by atoms with E-state index in [1.165, 1.54) is 24.3 Å². The van der Waals surface area contributed by atoms with Gasteiger partial charge in [0, 0.05) is 24.3 Å². The Kier molecular flexibility index (Phi) is 7.07. The van der Waals surface area contributed by atoms with E-state index in [1.54, 1.807) is 0 Å². The molecule has 0 spiro atoms. The predicted octanol–water partition coefficient (Wildman–Crippen LogP) is 3.74. The molecule has 0 radical (unpaired) electrons. The Balaban J connectivity index is 1.92. The Labute approximate surface area is 178 Å². The van der Waals surface area contributed by atoms with Gasteiger partial charge >= 0.3 is 0 Å². The highest BCUT2D eigenvalue weighted by molar-refractivity contribution is 7.89. The van der Waals surface area contributed by atoms with Crippen LogP contribution in [-0.4, -0.2) is 43.0 Å². The van der Waals surface area contributed by atoms with Crippen molar-refractivity contribution in [3.05, 3.63) is 58.4 Å². The highest BCUT2D eigenvalue weighted by atomic mass is 35.5. The number of halogens is 3. The van der Waals surface area contributed by atoms with E-state index < -0.39 is 34.5 Å². The summed E-state index contributed by atoms with van der Waals surface area (Å²) in [5, 5.41) is 11.9. The summed E-state index contributed by atoms with van der Waals surface area (Å²) in [6, 6.07) is 7.50. The molecule has 2 aromatic carbocycles. The largest absolute Gasteiger partial charge is 0.392 e. The number of benzene rings is 2. The summed E-state index contributed by atoms with van der Waals surface area (Å²) in [6.07, 6.45) is 0.138. The van der Waals surface area contributed by atoms with Crippen molar-refractivity contribution in [3.8, 4) is 0 Å². The summed E-state index contributed by atoms with van der Waals surface area (Å²) in [6.45, 7) is -0.660. The Hall–Kier alpha value is -2.07. The molecule has 3 rings (SSSR count). The summed E-state index contributed by atoms with van der Waals surface area (Å²) in [4.78, 5) is 12.3. The van der Waals surface area contributed by atoms with Crippen molar-refractivity contribution in [1.29, 1.82) is 0 Å². The molecule has 10 heteroatoms. The number of nitrogens with zero attached hydrogens (tertiary/aromatic N) is 1. The summed E-state index contributed by atoms with van der Waals surface area (Å²) in [5.74, 6) is -1.28. The van der Waals surface area contributed by atoms with Gasteiger partial charge in [-0.3, -0.25) is 4.79 Å². The molecule has 0 aromatic heterocycles. The Morgan fingerprint density at radius 3 is 2.70 bits per heavy atom. The molecule has 1 aliphatic rings. The van der Waals surface area contributed by atoms with Gasteiger partial charge in [0.2, 0.25) is 10.0 Å². The lowest BCUT2D eigenvalue weighted by Crippen LogP contribution is -2.36. The van der Waals surface area contributed by atoms with Crippen LogP contribution in [0.2, 0.25) is 5.02 Å². The van der Waals surface area contributed by atoms with E-state index in [2.05, 4.69) is 5.32 Å². The lowest BCUT2D eigenvalue weighted by Gasteiger charge is -2.22. The van der Waals surface area contributed by atoms with Gasteiger partial charge in [-0.15, -0.1) is 0 Å². The van der Waals surface area contributed by atoms with Gasteiger partial charge in [0.1, 0.15) is 12.0 Å². The summed E-state index contributed by atoms with van der Waals surface area (Å²) >= 11 is 5.71. The number of anilines is 1. The molecule has 1 saturated heterocycles. The zero-order valence-electron chi connectivity index (χ0n) is 15.9. The maximum atomic E-state index is 14.0. The first-order valence-corrected chi connectivity index (χ1v) is 11.2. The van der Waals surface area contributed by atoms with E-state index in [0.29, 0.717) is 19.3 Å². The van der Waals surface area contributed by atoms with Gasteiger partial charge in [-0.1, -0.05) is 17.7 Å². The standard InChI is InChI=1S/C20H21ClF2N2O4S/c21-17-10-16(6-7-18(17)23)24-20(27)13-4-5-14(12-26)19(9-13)30(28,29)25-8-2-1-3-15(22)11-25/h4-7,9-10,15,26H,1-3,8,11-12H2,(H,24,27). The van der Waals surface area contributed by atoms with Crippen LogP contribution in [0.15, 0.2) is 41.3 Å². The Morgan fingerprint density at radius 2 is 2.00 bits per heavy atom. The zero-order chi connectivity index (χ0) is 21.9. The van der Waals surface area contributed by atoms with E-state index in [4.69, 9.17) is 11.6 Å². The summed E-state index contributed by atoms with van der Waals surface area (Å²) in [5.41, 5.74) is 0.351. The molecule has 162 valence electrons. The third-order valence-electron chi connectivity index (χ3n) is 4.87. The highest BCUT2D eigenvalue weighted by Crippen LogP contribution is 2.26. The summed E-state index contributed by atoms with van der Waals surface area (Å²) < 4.78 is 54.6. The first-order chi connectivity index (χ1) is 14.2. The fourth-order valence-electron chi connectivity index (χ4n) is 3.26. The van der Waals surface area contributed by atoms with Gasteiger partial charge in [0.05, 0.1) is 16.5 Å². The van der Waals surface area contributed by atoms with Crippen molar-refractivity contribution in [1.82, 2.24) is 4.31 Å². The van der Waals surface area contributed by atoms with Crippen LogP contribution in [0.25, 0.3) is 0 Å². The average Bonchev–Trinajstić information content (AvgIpc) is 2.95. The molecular weight excluding hydrogens is 438 g/mol. The number of sulfonamides is 1. The minimum atomic E-state index is -4.12. The fraction of sp³-hybridized carbons (Fsp3) is 0.350. The second kappa shape index (κ2) is 9.38. The van der Waals surface area contributed by atoms with Gasteiger partial charge in [-0.25, -0.2) is 17.2 Å². The van der Waals surface area contributed by atoms with E-state index in [1.807, 2.05) is 0 Å². The first-order valence-electron chi connectivity index (χ1n) is 9.37. The molecule has 0 saturated carbocycles. The van der Waals surface area contributed by atoms with Crippen LogP contribution < -0.4 is 5.32 Å². The fourth-order valence-corrected chi connectivity index (χ4v) is 5.18. The number of nitrogens with one attached hydrogen (secondary N) is 1. The van der Waals surface area contributed by atoms with Crippen molar-refractivity contribution in [2.75, 3.05) is 18.4 Å². The minimum absolute atomic E-state index is 0.0119. The number of alkyl halides is 1. The van der Waals surface area contributed by atoms with Crippen molar-refractivity contribution in [3.63, 3.8) is 0 Å². The average molecular weight is 459 g/mol. The minimum Gasteiger partial charge on any atom is -0.392 e. The molecule has 0 bridgehead atoms. The normalized spacial score (nSPS) is 18.1. The molecule has 2 N–H and O–H groups in total. The number of carbonyl (C=O) groups is 1. The van der Waals surface area contributed by atoms with E-state index in [-0.39, 0.29) is 39.8 Å². The van der Waals surface area contributed by atoms with Gasteiger partial charge in [-0.2, -0.15) is 4.31 Å². The monoisotopic (exact) mass is 458 g/mol. The topological polar surface area (TPSA) is 86.7 Å². The lowest BCUT2D eigenvalue weighted by molar-refractivity contribution is 0.102. The predicted molar refractivity (Wildman–Crippen MR) is 109 cm³/mol. The van der Waals surface area contributed by atoms with E-state index >= 15 is 0 Å². The number of rotatable bonds is 5. The SMILES string of the molecule is O=C(Nc1ccc(F)c(Cl)c1)c1ccc(CO)c(S(=O)(=O)N2CCCCC(F)C2)c1. The smallest absolute Gasteiger partial charge is 0.255 e. The van der Waals surface area contributed by atoms with Crippen LogP contribution in [-0.2, 0) is 16.6 Å². The number of aliphatic hydroxyl groups is 1. The molecule has 1 heterocycles. The van der Waals surface area contributed by atoms with Crippen LogP contribution in [0.1, 0.15) is 35.2 Å². The van der Waals surface area contributed by atoms with Crippen molar-refractivity contribution in [2.45, 2.75) is 36.9 Å². The van der Waals surface area contributed by atoms with Crippen molar-refractivity contribution >= 4 is 33.2 Å². The molecule has 1 aliphatic heterocycles. The van der Waals surface area contributed by atoms with Gasteiger partial charge < -0.3 is 10.4 Å². The lowest BCUT2D eigenvalue weighted by atomic mass is 10.1. The molecule has 30 heavy (non-hydrogen) atoms. The van der Waals surface area contributed by atoms with E-state index in [9.17, 15) is 27.1 Å². The van der Waals surface area contributed by atoms with Gasteiger partial charge in [-0.05, 0) is 55.2 Å². The van der Waals surface area contributed by atoms with Crippen LogP contribution in [0.4, 0.5) is 14.5 Å². The molecular formula is C20H21ClF2N2O4S. The van der Waals surface area contributed by atoms with Crippen LogP contribution in [0.5, 0.6) is 0 Å². The molecule has 6 nitrogen and oxygen atoms in total. The maximum Gasteiger partial charge on any atom is 0.255 e. The quantitative estimate of drug-likeness (QED) is 0.714. The third kappa shape index (κ3) is 4.97. The second-order valence-electron chi connectivity index (χ2n) is 7.02. The third-order valence-corrected chi connectivity index (χ3v) is 7.11. The Morgan fingerprint density at radius 1 is 1.23 bits per heavy atom. The molecule has 1 unspecified atom stereocenters. The van der Waals surface area contributed by atoms with Crippen molar-refractivity contribution in [2.24, 2.45) is 0 Å². The number of amides is 1. The number of aliphatic hydroxyl groups excluding tert-OH is 1. The van der Waals surface area contributed by atoms with Crippen LogP contribution in [0.3, 0.4) is 0 Å². The van der Waals surface area contributed by atoms with Gasteiger partial charge in [0.25, 0.3) is 5.91 Å². The zero-order valence-corrected chi connectivity index (χ0v) is 17.5. The molecule has 0 aliphatic carbocycles. The highest BCUT2D eigenvalue weighted by Gasteiger charge is 2.31. The second-order valence-corrected chi connectivity index (χ2v) is 9.33. The first kappa shape index (κ1) is 22.6. The molecule has 2 aromatic rings. The van der Waals surface area contributed by atoms with E-state index in [0.717, 1.165) is 16.4 Å². The summed E-state index contributed by atoms with van der Waals surface area (Å²) in [7, 11) is -4.12.